The Morgan fingerprint density at radius 3 is 2.30 bits per heavy atom. The van der Waals surface area contributed by atoms with Gasteiger partial charge in [0.1, 0.15) is 5.69 Å². The summed E-state index contributed by atoms with van der Waals surface area (Å²) in [6.45, 7) is 5.38. The first-order valence-corrected chi connectivity index (χ1v) is 9.04. The molecule has 0 aliphatic carbocycles. The third-order valence-corrected chi connectivity index (χ3v) is 5.11. The highest BCUT2D eigenvalue weighted by Crippen LogP contribution is 2.26. The highest BCUT2D eigenvalue weighted by Gasteiger charge is 2.22. The highest BCUT2D eigenvalue weighted by atomic mass is 35.5. The van der Waals surface area contributed by atoms with Crippen LogP contribution in [0.2, 0.25) is 0 Å². The van der Waals surface area contributed by atoms with E-state index in [2.05, 4.69) is 87.6 Å². The van der Waals surface area contributed by atoms with Gasteiger partial charge < -0.3 is 0 Å². The van der Waals surface area contributed by atoms with Crippen LogP contribution in [0, 0.1) is 6.92 Å². The molecule has 2 heterocycles. The molecule has 0 radical (unpaired) electrons. The van der Waals surface area contributed by atoms with Crippen LogP contribution in [0.4, 0.5) is 0 Å². The maximum atomic E-state index is 4.41. The number of halogens is 2. The van der Waals surface area contributed by atoms with Gasteiger partial charge in [0.2, 0.25) is 0 Å². The SMILES string of the molecule is Cc1ccccc1-c1cn(C2CCN(Cc3ccccc3)CC2)nn1.Cl.Cl. The van der Waals surface area contributed by atoms with Crippen LogP contribution in [0.1, 0.15) is 30.0 Å². The molecule has 1 saturated heterocycles. The molecule has 0 atom stereocenters. The average Bonchev–Trinajstić information content (AvgIpc) is 3.13. The summed E-state index contributed by atoms with van der Waals surface area (Å²) >= 11 is 0. The highest BCUT2D eigenvalue weighted by molar-refractivity contribution is 5.85. The predicted molar refractivity (Wildman–Crippen MR) is 115 cm³/mol. The van der Waals surface area contributed by atoms with Crippen molar-refractivity contribution < 1.29 is 0 Å². The molecule has 144 valence electrons. The van der Waals surface area contributed by atoms with Gasteiger partial charge >= 0.3 is 0 Å². The number of hydrogen-bond acceptors (Lipinski definition) is 3. The van der Waals surface area contributed by atoms with Crippen molar-refractivity contribution in [2.75, 3.05) is 13.1 Å². The lowest BCUT2D eigenvalue weighted by Gasteiger charge is -2.31. The fourth-order valence-electron chi connectivity index (χ4n) is 3.62. The lowest BCUT2D eigenvalue weighted by Crippen LogP contribution is -2.34. The largest absolute Gasteiger partial charge is 0.299 e. The third kappa shape index (κ3) is 5.10. The Morgan fingerprint density at radius 1 is 0.926 bits per heavy atom. The van der Waals surface area contributed by atoms with Gasteiger partial charge in [0.05, 0.1) is 12.2 Å². The van der Waals surface area contributed by atoms with Gasteiger partial charge in [-0.05, 0) is 30.9 Å². The van der Waals surface area contributed by atoms with E-state index in [0.717, 1.165) is 38.2 Å². The lowest BCUT2D eigenvalue weighted by atomic mass is 10.0. The first kappa shape index (κ1) is 21.4. The van der Waals surface area contributed by atoms with Crippen LogP contribution < -0.4 is 0 Å². The first-order valence-electron chi connectivity index (χ1n) is 9.04. The molecule has 0 unspecified atom stereocenters. The fourth-order valence-corrected chi connectivity index (χ4v) is 3.62. The van der Waals surface area contributed by atoms with E-state index < -0.39 is 0 Å². The molecule has 0 N–H and O–H groups in total. The van der Waals surface area contributed by atoms with E-state index in [4.69, 9.17) is 0 Å². The van der Waals surface area contributed by atoms with Crippen molar-refractivity contribution in [1.29, 1.82) is 0 Å². The summed E-state index contributed by atoms with van der Waals surface area (Å²) in [7, 11) is 0. The molecule has 1 aromatic heterocycles. The zero-order valence-corrected chi connectivity index (χ0v) is 17.1. The number of benzene rings is 2. The number of aryl methyl sites for hydroxylation is 1. The quantitative estimate of drug-likeness (QED) is 0.617. The Kier molecular flexibility index (Phi) is 7.84. The summed E-state index contributed by atoms with van der Waals surface area (Å²) in [6.07, 6.45) is 4.37. The van der Waals surface area contributed by atoms with Crippen LogP contribution in [-0.2, 0) is 6.54 Å². The van der Waals surface area contributed by atoms with Gasteiger partial charge in [0, 0.05) is 25.2 Å². The Balaban J connectivity index is 0.00000131. The van der Waals surface area contributed by atoms with Crippen LogP contribution in [0.25, 0.3) is 11.3 Å². The number of piperidine rings is 1. The van der Waals surface area contributed by atoms with Gasteiger partial charge in [-0.25, -0.2) is 4.68 Å². The number of hydrogen-bond donors (Lipinski definition) is 0. The van der Waals surface area contributed by atoms with Crippen LogP contribution in [0.15, 0.2) is 60.8 Å². The molecule has 6 heteroatoms. The van der Waals surface area contributed by atoms with Crippen molar-refractivity contribution in [3.05, 3.63) is 71.9 Å². The standard InChI is InChI=1S/C21H24N4.2ClH/c1-17-7-5-6-10-20(17)21-16-25(23-22-21)19-11-13-24(14-12-19)15-18-8-3-2-4-9-18;;/h2-10,16,19H,11-15H2,1H3;2*1H. The minimum absolute atomic E-state index is 0. The maximum absolute atomic E-state index is 4.41. The zero-order chi connectivity index (χ0) is 17.1. The normalized spacial score (nSPS) is 15.0. The zero-order valence-electron chi connectivity index (χ0n) is 15.5. The van der Waals surface area contributed by atoms with E-state index >= 15 is 0 Å². The van der Waals surface area contributed by atoms with E-state index in [9.17, 15) is 0 Å². The molecule has 4 nitrogen and oxygen atoms in total. The summed E-state index contributed by atoms with van der Waals surface area (Å²) < 4.78 is 2.07. The molecule has 27 heavy (non-hydrogen) atoms. The minimum Gasteiger partial charge on any atom is -0.299 e. The molecule has 2 aromatic carbocycles. The Labute approximate surface area is 173 Å². The molecule has 1 aliphatic rings. The van der Waals surface area contributed by atoms with E-state index in [0.29, 0.717) is 6.04 Å². The van der Waals surface area contributed by atoms with Gasteiger partial charge in [0.25, 0.3) is 0 Å². The second-order valence-electron chi connectivity index (χ2n) is 6.89. The van der Waals surface area contributed by atoms with Crippen LogP contribution in [0.3, 0.4) is 0 Å². The van der Waals surface area contributed by atoms with Gasteiger partial charge in [-0.15, -0.1) is 29.9 Å². The van der Waals surface area contributed by atoms with Crippen LogP contribution in [-0.4, -0.2) is 33.0 Å². The van der Waals surface area contributed by atoms with Crippen molar-refractivity contribution in [1.82, 2.24) is 19.9 Å². The van der Waals surface area contributed by atoms with Gasteiger partial charge in [0.15, 0.2) is 0 Å². The topological polar surface area (TPSA) is 34.0 Å². The third-order valence-electron chi connectivity index (χ3n) is 5.11. The van der Waals surface area contributed by atoms with E-state index in [1.54, 1.807) is 0 Å². The van der Waals surface area contributed by atoms with Gasteiger partial charge in [-0.2, -0.15) is 0 Å². The van der Waals surface area contributed by atoms with Gasteiger partial charge in [-0.3, -0.25) is 4.90 Å². The molecule has 0 bridgehead atoms. The number of nitrogens with zero attached hydrogens (tertiary/aromatic N) is 4. The Morgan fingerprint density at radius 2 is 1.59 bits per heavy atom. The number of likely N-dealkylation sites (tertiary alicyclic amines) is 1. The Hall–Kier alpha value is -1.88. The minimum atomic E-state index is 0. The van der Waals surface area contributed by atoms with Crippen molar-refractivity contribution in [3.8, 4) is 11.3 Å². The summed E-state index contributed by atoms with van der Waals surface area (Å²) in [5.41, 5.74) is 4.79. The monoisotopic (exact) mass is 404 g/mol. The molecule has 1 aliphatic heterocycles. The first-order chi connectivity index (χ1) is 12.3. The van der Waals surface area contributed by atoms with Crippen LogP contribution in [0.5, 0.6) is 0 Å². The Bertz CT molecular complexity index is 827. The van der Waals surface area contributed by atoms with Crippen molar-refractivity contribution in [2.24, 2.45) is 0 Å². The number of rotatable bonds is 4. The second kappa shape index (κ2) is 9.88. The fraction of sp³-hybridized carbons (Fsp3) is 0.333. The molecular weight excluding hydrogens is 379 g/mol. The summed E-state index contributed by atoms with van der Waals surface area (Å²) in [4.78, 5) is 2.53. The molecule has 3 aromatic rings. The molecule has 0 amide bonds. The molecule has 0 saturated carbocycles. The molecule has 0 spiro atoms. The second-order valence-corrected chi connectivity index (χ2v) is 6.89. The van der Waals surface area contributed by atoms with Crippen molar-refractivity contribution in [2.45, 2.75) is 32.4 Å². The van der Waals surface area contributed by atoms with E-state index in [1.165, 1.54) is 16.7 Å². The number of aromatic nitrogens is 3. The van der Waals surface area contributed by atoms with Crippen molar-refractivity contribution >= 4 is 24.8 Å². The summed E-state index contributed by atoms with van der Waals surface area (Å²) in [6, 6.07) is 19.5. The smallest absolute Gasteiger partial charge is 0.113 e. The average molecular weight is 405 g/mol. The molecule has 4 rings (SSSR count). The molecule has 1 fully saturated rings. The van der Waals surface area contributed by atoms with E-state index in [-0.39, 0.29) is 24.8 Å². The van der Waals surface area contributed by atoms with Crippen molar-refractivity contribution in [3.63, 3.8) is 0 Å². The predicted octanol–water partition coefficient (Wildman–Crippen LogP) is 4.93. The lowest BCUT2D eigenvalue weighted by molar-refractivity contribution is 0.172. The summed E-state index contributed by atoms with van der Waals surface area (Å²) in [5.74, 6) is 0. The van der Waals surface area contributed by atoms with Crippen LogP contribution >= 0.6 is 24.8 Å². The molecular formula is C21H26Cl2N4. The van der Waals surface area contributed by atoms with Gasteiger partial charge in [-0.1, -0.05) is 59.8 Å². The maximum Gasteiger partial charge on any atom is 0.113 e. The summed E-state index contributed by atoms with van der Waals surface area (Å²) in [5, 5.41) is 8.82. The van der Waals surface area contributed by atoms with E-state index in [1.807, 2.05) is 0 Å².